The number of hydrogen-bond donors (Lipinski definition) is 1. The summed E-state index contributed by atoms with van der Waals surface area (Å²) in [5.74, 6) is -3.08. The number of amides is 3. The number of nitro groups is 1. The Labute approximate surface area is 150 Å². The van der Waals surface area contributed by atoms with Gasteiger partial charge in [0.25, 0.3) is 5.91 Å². The van der Waals surface area contributed by atoms with E-state index in [0.717, 1.165) is 12.1 Å². The van der Waals surface area contributed by atoms with E-state index in [9.17, 15) is 24.5 Å². The fourth-order valence-electron chi connectivity index (χ4n) is 2.01. The molecule has 1 aliphatic heterocycles. The van der Waals surface area contributed by atoms with Gasteiger partial charge in [0, 0.05) is 11.1 Å². The summed E-state index contributed by atoms with van der Waals surface area (Å²) in [7, 11) is 0. The summed E-state index contributed by atoms with van der Waals surface area (Å²) in [5.41, 5.74) is 0.163. The maximum absolute atomic E-state index is 12.0. The fraction of sp³-hybridized carbons (Fsp3) is 0. The van der Waals surface area contributed by atoms with Gasteiger partial charge in [-0.15, -0.1) is 0 Å². The van der Waals surface area contributed by atoms with Gasteiger partial charge in [-0.05, 0) is 12.1 Å². The van der Waals surface area contributed by atoms with Crippen molar-refractivity contribution in [3.63, 3.8) is 0 Å². The number of carbonyl (C=O) groups excluding carboxylic acids is 3. The maximum atomic E-state index is 12.0. The Morgan fingerprint density at radius 3 is 2.57 bits per heavy atom. The summed E-state index contributed by atoms with van der Waals surface area (Å²) < 4.78 is 4.76. The molecule has 0 unspecified atom stereocenters. The monoisotopic (exact) mass is 323 g/mol. The van der Waals surface area contributed by atoms with Crippen molar-refractivity contribution in [1.82, 2.24) is 0 Å². The third-order valence-corrected chi connectivity index (χ3v) is 2.96. The first-order valence-electron chi connectivity index (χ1n) is 5.96. The summed E-state index contributed by atoms with van der Waals surface area (Å²) in [6.45, 7) is 0. The van der Waals surface area contributed by atoms with Gasteiger partial charge in [-0.3, -0.25) is 14.9 Å². The number of nitrogens with one attached hydrogen (secondary N) is 1. The van der Waals surface area contributed by atoms with E-state index in [1.807, 2.05) is 0 Å². The number of nitrogens with zero attached hydrogens (tertiary/aromatic N) is 2. The molecule has 2 heterocycles. The molecule has 0 spiro atoms. The molecule has 10 heteroatoms. The van der Waals surface area contributed by atoms with Gasteiger partial charge in [-0.2, -0.15) is 0 Å². The van der Waals surface area contributed by atoms with Crippen molar-refractivity contribution in [3.05, 3.63) is 62.7 Å². The minimum Gasteiger partial charge on any atom is -0.587 e. The summed E-state index contributed by atoms with van der Waals surface area (Å²) >= 11 is 0. The summed E-state index contributed by atoms with van der Waals surface area (Å²) in [6.07, 6.45) is 0. The molecule has 3 amide bonds. The quantitative estimate of drug-likeness (QED) is 0.337. The Morgan fingerprint density at radius 1 is 1.17 bits per heavy atom. The molecule has 9 nitrogen and oxygen atoms in total. The fourth-order valence-corrected chi connectivity index (χ4v) is 2.01. The second-order valence-corrected chi connectivity index (χ2v) is 4.30. The molecule has 0 bridgehead atoms. The van der Waals surface area contributed by atoms with Gasteiger partial charge in [0.1, 0.15) is 4.92 Å². The van der Waals surface area contributed by atoms with Crippen LogP contribution in [0.2, 0.25) is 0 Å². The van der Waals surface area contributed by atoms with Gasteiger partial charge in [-0.25, -0.2) is 0 Å². The standard InChI is InChI=1S/C13H7N3O6.Na/c17-11-6-2-1-3-7(10(6)13(19)15-11)14-12(18)8-4-5-9(22-8)16(20)21;/h1-5H,(H2,14,15,17,18,19);/q;+1/p-1. The third kappa shape index (κ3) is 3.02. The van der Waals surface area contributed by atoms with E-state index in [-0.39, 0.29) is 52.1 Å². The number of imide groups is 1. The molecule has 0 fully saturated rings. The number of rotatable bonds is 3. The zero-order valence-corrected chi connectivity index (χ0v) is 13.7. The summed E-state index contributed by atoms with van der Waals surface area (Å²) in [4.78, 5) is 44.8. The Hall–Kier alpha value is -2.49. The normalized spacial score (nSPS) is 12.2. The van der Waals surface area contributed by atoms with Crippen molar-refractivity contribution in [1.29, 1.82) is 0 Å². The van der Waals surface area contributed by atoms with E-state index in [0.29, 0.717) is 0 Å². The van der Waals surface area contributed by atoms with Crippen molar-refractivity contribution in [2.75, 3.05) is 5.32 Å². The molecule has 1 N–H and O–H groups in total. The van der Waals surface area contributed by atoms with E-state index in [1.165, 1.54) is 18.2 Å². The average Bonchev–Trinajstić information content (AvgIpc) is 3.06. The predicted octanol–water partition coefficient (Wildman–Crippen LogP) is -0.888. The Morgan fingerprint density at radius 2 is 1.91 bits per heavy atom. The van der Waals surface area contributed by atoms with Crippen LogP contribution < -0.4 is 34.9 Å². The van der Waals surface area contributed by atoms with Crippen LogP contribution in [0.1, 0.15) is 31.3 Å². The smallest absolute Gasteiger partial charge is 0.587 e. The van der Waals surface area contributed by atoms with Crippen LogP contribution in [0, 0.1) is 10.1 Å². The van der Waals surface area contributed by atoms with Crippen molar-refractivity contribution in [3.8, 4) is 0 Å². The van der Waals surface area contributed by atoms with Gasteiger partial charge >= 0.3 is 35.4 Å². The molecule has 2 aromatic rings. The molecule has 110 valence electrons. The molecule has 1 aliphatic rings. The molecule has 0 radical (unpaired) electrons. The second kappa shape index (κ2) is 6.32. The molecule has 3 rings (SSSR count). The molecule has 0 aliphatic carbocycles. The summed E-state index contributed by atoms with van der Waals surface area (Å²) in [5, 5.41) is 16.2. The zero-order chi connectivity index (χ0) is 15.9. The SMILES string of the molecule is O=C(Nc1cccc2c1C(=O)[N-]C2=O)c1ccc([N+](=O)[O-])o1.[Na+]. The molecule has 0 saturated heterocycles. The number of hydrogen-bond acceptors (Lipinski definition) is 6. The van der Waals surface area contributed by atoms with Gasteiger partial charge in [0.2, 0.25) is 0 Å². The van der Waals surface area contributed by atoms with Crippen molar-refractivity contribution >= 4 is 29.3 Å². The molecule has 0 atom stereocenters. The van der Waals surface area contributed by atoms with E-state index in [2.05, 4.69) is 10.6 Å². The molecule has 1 aromatic carbocycles. The van der Waals surface area contributed by atoms with Gasteiger partial charge < -0.3 is 24.6 Å². The van der Waals surface area contributed by atoms with Crippen molar-refractivity contribution in [2.24, 2.45) is 0 Å². The number of anilines is 1. The average molecular weight is 323 g/mol. The first-order chi connectivity index (χ1) is 10.5. The molecular formula is C13H6N3NaO6. The third-order valence-electron chi connectivity index (χ3n) is 2.96. The minimum atomic E-state index is -0.784. The number of furan rings is 1. The number of carbonyl (C=O) groups is 3. The first-order valence-corrected chi connectivity index (χ1v) is 5.96. The van der Waals surface area contributed by atoms with Crippen LogP contribution in [0.25, 0.3) is 5.32 Å². The van der Waals surface area contributed by atoms with Crippen LogP contribution in [-0.4, -0.2) is 22.6 Å². The summed E-state index contributed by atoms with van der Waals surface area (Å²) in [6, 6.07) is 6.48. The van der Waals surface area contributed by atoms with Gasteiger partial charge in [-0.1, -0.05) is 12.1 Å². The van der Waals surface area contributed by atoms with Crippen LogP contribution in [0.5, 0.6) is 0 Å². The van der Waals surface area contributed by atoms with E-state index >= 15 is 0 Å². The molecular weight excluding hydrogens is 317 g/mol. The Kier molecular flexibility index (Phi) is 4.64. The Bertz CT molecular complexity index is 844. The number of fused-ring (bicyclic) bond motifs is 1. The second-order valence-electron chi connectivity index (χ2n) is 4.30. The van der Waals surface area contributed by atoms with Crippen LogP contribution in [0.15, 0.2) is 34.7 Å². The van der Waals surface area contributed by atoms with Gasteiger partial charge in [0.05, 0.1) is 23.6 Å². The topological polar surface area (TPSA) is 134 Å². The van der Waals surface area contributed by atoms with E-state index in [4.69, 9.17) is 4.42 Å². The molecule has 0 saturated carbocycles. The van der Waals surface area contributed by atoms with Gasteiger partial charge in [0.15, 0.2) is 5.76 Å². The Balaban J connectivity index is 0.00000192. The van der Waals surface area contributed by atoms with E-state index < -0.39 is 28.5 Å². The predicted molar refractivity (Wildman–Crippen MR) is 71.8 cm³/mol. The number of benzene rings is 1. The van der Waals surface area contributed by atoms with Crippen LogP contribution in [0.3, 0.4) is 0 Å². The van der Waals surface area contributed by atoms with Crippen LogP contribution >= 0.6 is 0 Å². The van der Waals surface area contributed by atoms with Crippen LogP contribution in [-0.2, 0) is 0 Å². The van der Waals surface area contributed by atoms with Crippen molar-refractivity contribution < 1.29 is 53.3 Å². The molecule has 23 heavy (non-hydrogen) atoms. The van der Waals surface area contributed by atoms with Crippen LogP contribution in [0.4, 0.5) is 11.6 Å². The first kappa shape index (κ1) is 16.9. The van der Waals surface area contributed by atoms with E-state index in [1.54, 1.807) is 0 Å². The minimum absolute atomic E-state index is 0. The molecule has 1 aromatic heterocycles. The van der Waals surface area contributed by atoms with Crippen molar-refractivity contribution in [2.45, 2.75) is 0 Å². The maximum Gasteiger partial charge on any atom is 1.00 e. The zero-order valence-electron chi connectivity index (χ0n) is 11.7. The largest absolute Gasteiger partial charge is 1.00 e.